The molecular formula is C14H19N3O7. The molecule has 10 heteroatoms. The Kier molecular flexibility index (Phi) is 6.78. The summed E-state index contributed by atoms with van der Waals surface area (Å²) in [4.78, 5) is 34.3. The number of nitro groups is 1. The minimum absolute atomic E-state index is 0.322. The first kappa shape index (κ1) is 19.0. The molecule has 132 valence electrons. The molecule has 0 saturated heterocycles. The predicted molar refractivity (Wildman–Crippen MR) is 81.9 cm³/mol. The Morgan fingerprint density at radius 3 is 2.38 bits per heavy atom. The number of nitrogens with one attached hydrogen (secondary N) is 1. The van der Waals surface area contributed by atoms with Gasteiger partial charge in [-0.1, -0.05) is 0 Å². The second-order valence-electron chi connectivity index (χ2n) is 5.15. The van der Waals surface area contributed by atoms with Crippen LogP contribution in [0.1, 0.15) is 33.3 Å². The number of hydrazine groups is 1. The molecule has 0 radical (unpaired) electrons. The first-order valence-corrected chi connectivity index (χ1v) is 7.07. The fourth-order valence-corrected chi connectivity index (χ4v) is 1.49. The van der Waals surface area contributed by atoms with E-state index in [2.05, 4.69) is 0 Å². The number of carbonyl (C=O) groups is 2. The molecule has 24 heavy (non-hydrogen) atoms. The van der Waals surface area contributed by atoms with Crippen LogP contribution in [0.4, 0.5) is 9.59 Å². The summed E-state index contributed by atoms with van der Waals surface area (Å²) >= 11 is 0. The van der Waals surface area contributed by atoms with E-state index in [0.717, 1.165) is 6.08 Å². The van der Waals surface area contributed by atoms with Gasteiger partial charge in [-0.25, -0.2) is 4.79 Å². The zero-order valence-electron chi connectivity index (χ0n) is 13.7. The van der Waals surface area contributed by atoms with Crippen LogP contribution in [0.2, 0.25) is 0 Å². The van der Waals surface area contributed by atoms with Crippen LogP contribution < -0.4 is 5.43 Å². The van der Waals surface area contributed by atoms with Gasteiger partial charge in [-0.05, 0) is 43.7 Å². The summed E-state index contributed by atoms with van der Waals surface area (Å²) in [6.07, 6.45) is 0.390. The highest BCUT2D eigenvalue weighted by Crippen LogP contribution is 2.13. The summed E-state index contributed by atoms with van der Waals surface area (Å²) in [6, 6.07) is 1.45. The molecular weight excluding hydrogens is 322 g/mol. The minimum atomic E-state index is -1.13. The van der Waals surface area contributed by atoms with E-state index in [1.54, 1.807) is 27.7 Å². The van der Waals surface area contributed by atoms with Gasteiger partial charge in [0, 0.05) is 11.6 Å². The van der Waals surface area contributed by atoms with Crippen molar-refractivity contribution in [3.63, 3.8) is 0 Å². The van der Waals surface area contributed by atoms with Crippen LogP contribution in [0.5, 0.6) is 0 Å². The predicted octanol–water partition coefficient (Wildman–Crippen LogP) is 2.75. The molecule has 10 nitrogen and oxygen atoms in total. The number of rotatable bonds is 5. The summed E-state index contributed by atoms with van der Waals surface area (Å²) < 4.78 is 14.6. The molecule has 0 aromatic carbocycles. The molecule has 0 aliphatic rings. The molecule has 1 aromatic heterocycles. The Bertz CT molecular complexity index is 608. The number of furan rings is 1. The van der Waals surface area contributed by atoms with Gasteiger partial charge in [0.15, 0.2) is 0 Å². The summed E-state index contributed by atoms with van der Waals surface area (Å²) in [5.41, 5.74) is 2.33. The van der Waals surface area contributed by atoms with Crippen molar-refractivity contribution >= 4 is 18.3 Å². The fourth-order valence-electron chi connectivity index (χ4n) is 1.49. The van der Waals surface area contributed by atoms with Crippen molar-refractivity contribution in [1.82, 2.24) is 10.4 Å². The van der Waals surface area contributed by atoms with Crippen LogP contribution in [-0.4, -0.2) is 34.3 Å². The summed E-state index contributed by atoms with van der Waals surface area (Å²) in [7, 11) is 0. The smallest absolute Gasteiger partial charge is 0.472 e. The number of carbonyl (C=O) groups excluding carboxylic acids is 2. The van der Waals surface area contributed by atoms with E-state index in [1.165, 1.54) is 18.6 Å². The monoisotopic (exact) mass is 341 g/mol. The van der Waals surface area contributed by atoms with E-state index in [4.69, 9.17) is 13.9 Å². The molecule has 0 aliphatic carbocycles. The van der Waals surface area contributed by atoms with E-state index >= 15 is 0 Å². The third kappa shape index (κ3) is 5.99. The molecule has 0 spiro atoms. The molecule has 0 fully saturated rings. The standard InChI is InChI=1S/C14H19N3O7/c1-9(2)23-13(18)15-16(14(19)24-10(3)4)12(17(20)21)7-11-5-6-22-8-11/h5-10H,1-4H3,(H,15,18)/b12-7+. The number of amides is 2. The van der Waals surface area contributed by atoms with Gasteiger partial charge >= 0.3 is 18.0 Å². The highest BCUT2D eigenvalue weighted by molar-refractivity contribution is 5.76. The molecule has 0 aliphatic heterocycles. The van der Waals surface area contributed by atoms with Crippen LogP contribution in [-0.2, 0) is 9.47 Å². The maximum Gasteiger partial charge on any atom is 0.532 e. The molecule has 0 unspecified atom stereocenters. The van der Waals surface area contributed by atoms with Crippen molar-refractivity contribution < 1.29 is 28.4 Å². The zero-order valence-corrected chi connectivity index (χ0v) is 13.7. The first-order valence-electron chi connectivity index (χ1n) is 7.07. The lowest BCUT2D eigenvalue weighted by molar-refractivity contribution is -0.443. The Morgan fingerprint density at radius 1 is 1.29 bits per heavy atom. The van der Waals surface area contributed by atoms with Crippen molar-refractivity contribution in [3.8, 4) is 0 Å². The maximum atomic E-state index is 12.1. The van der Waals surface area contributed by atoms with E-state index in [0.29, 0.717) is 10.6 Å². The Balaban J connectivity index is 3.14. The largest absolute Gasteiger partial charge is 0.532 e. The lowest BCUT2D eigenvalue weighted by Gasteiger charge is -2.18. The normalized spacial score (nSPS) is 11.3. The summed E-state index contributed by atoms with van der Waals surface area (Å²) in [5.74, 6) is -0.734. The topological polar surface area (TPSA) is 124 Å². The Morgan fingerprint density at radius 2 is 1.92 bits per heavy atom. The molecule has 1 rings (SSSR count). The maximum absolute atomic E-state index is 12.1. The SMILES string of the molecule is CC(C)OC(=O)NN(C(=O)OC(C)C)/C(=C\c1ccoc1)[N+](=O)[O-]. The fraction of sp³-hybridized carbons (Fsp3) is 0.429. The number of nitrogens with zero attached hydrogens (tertiary/aromatic N) is 2. The van der Waals surface area contributed by atoms with Crippen molar-refractivity contribution in [2.75, 3.05) is 0 Å². The first-order chi connectivity index (χ1) is 11.2. The van der Waals surface area contributed by atoms with Crippen LogP contribution in [0.3, 0.4) is 0 Å². The molecule has 1 N–H and O–H groups in total. The van der Waals surface area contributed by atoms with Crippen LogP contribution in [0.25, 0.3) is 6.08 Å². The Hall–Kier alpha value is -3.04. The number of hydrogen-bond donors (Lipinski definition) is 1. The Labute approximate surface area is 138 Å². The molecule has 0 saturated carbocycles. The van der Waals surface area contributed by atoms with Gasteiger partial charge in [-0.2, -0.15) is 4.79 Å². The molecule has 2 amide bonds. The van der Waals surface area contributed by atoms with Crippen molar-refractivity contribution in [2.24, 2.45) is 0 Å². The third-order valence-electron chi connectivity index (χ3n) is 2.32. The van der Waals surface area contributed by atoms with Gasteiger partial charge in [-0.3, -0.25) is 0 Å². The van der Waals surface area contributed by atoms with Gasteiger partial charge in [0.25, 0.3) is 0 Å². The van der Waals surface area contributed by atoms with Gasteiger partial charge in [0.1, 0.15) is 6.10 Å². The van der Waals surface area contributed by atoms with Crippen molar-refractivity contribution in [1.29, 1.82) is 0 Å². The van der Waals surface area contributed by atoms with Crippen molar-refractivity contribution in [2.45, 2.75) is 39.9 Å². The molecule has 1 aromatic rings. The van der Waals surface area contributed by atoms with E-state index in [-0.39, 0.29) is 0 Å². The summed E-state index contributed by atoms with van der Waals surface area (Å²) in [5, 5.41) is 11.7. The van der Waals surface area contributed by atoms with Gasteiger partial charge < -0.3 is 24.0 Å². The molecule has 1 heterocycles. The second-order valence-corrected chi connectivity index (χ2v) is 5.15. The van der Waals surface area contributed by atoms with Gasteiger partial charge in [-0.15, -0.1) is 5.43 Å². The van der Waals surface area contributed by atoms with E-state index in [1.807, 2.05) is 5.43 Å². The lowest BCUT2D eigenvalue weighted by Crippen LogP contribution is -2.48. The van der Waals surface area contributed by atoms with Crippen molar-refractivity contribution in [3.05, 3.63) is 40.1 Å². The molecule has 0 atom stereocenters. The average Bonchev–Trinajstić information content (AvgIpc) is 2.93. The molecule has 0 bridgehead atoms. The number of hydrogen-bond acceptors (Lipinski definition) is 7. The van der Waals surface area contributed by atoms with Crippen LogP contribution in [0, 0.1) is 10.1 Å². The lowest BCUT2D eigenvalue weighted by atomic mass is 10.3. The van der Waals surface area contributed by atoms with Gasteiger partial charge in [0.2, 0.25) is 0 Å². The minimum Gasteiger partial charge on any atom is -0.472 e. The highest BCUT2D eigenvalue weighted by atomic mass is 16.6. The number of ether oxygens (including phenoxy) is 2. The highest BCUT2D eigenvalue weighted by Gasteiger charge is 2.35. The average molecular weight is 341 g/mol. The summed E-state index contributed by atoms with van der Waals surface area (Å²) in [6.45, 7) is 6.31. The van der Waals surface area contributed by atoms with Crippen LogP contribution >= 0.6 is 0 Å². The second kappa shape index (κ2) is 8.56. The van der Waals surface area contributed by atoms with Crippen LogP contribution in [0.15, 0.2) is 28.8 Å². The van der Waals surface area contributed by atoms with Gasteiger partial charge in [0.05, 0.1) is 18.6 Å². The van der Waals surface area contributed by atoms with E-state index < -0.39 is 35.1 Å². The van der Waals surface area contributed by atoms with E-state index in [9.17, 15) is 19.7 Å². The quantitative estimate of drug-likeness (QED) is 0.645. The third-order valence-corrected chi connectivity index (χ3v) is 2.32. The zero-order chi connectivity index (χ0) is 18.3.